The molecule has 0 bridgehead atoms. The molecule has 0 N–H and O–H groups in total. The first-order valence-corrected chi connectivity index (χ1v) is 9.75. The molecule has 0 radical (unpaired) electrons. The molecule has 25 heavy (non-hydrogen) atoms. The summed E-state index contributed by atoms with van der Waals surface area (Å²) in [5.74, 6) is 0.400. The van der Waals surface area contributed by atoms with Crippen LogP contribution in [0.2, 0.25) is 0 Å². The van der Waals surface area contributed by atoms with Crippen molar-refractivity contribution in [2.75, 3.05) is 27.2 Å². The maximum absolute atomic E-state index is 12.2. The molecule has 1 aliphatic rings. The van der Waals surface area contributed by atoms with Gasteiger partial charge in [0.1, 0.15) is 5.69 Å². The molecular weight excluding hydrogens is 340 g/mol. The Hall–Kier alpha value is -1.84. The highest BCUT2D eigenvalue weighted by Gasteiger charge is 2.30. The fourth-order valence-corrected chi connectivity index (χ4v) is 4.32. The van der Waals surface area contributed by atoms with Gasteiger partial charge in [-0.2, -0.15) is 22.1 Å². The molecular formula is C16H24N6O2S. The van der Waals surface area contributed by atoms with E-state index in [9.17, 15) is 8.42 Å². The summed E-state index contributed by atoms with van der Waals surface area (Å²) >= 11 is 0. The summed E-state index contributed by atoms with van der Waals surface area (Å²) in [4.78, 5) is 9.01. The number of hydrogen-bond donors (Lipinski definition) is 0. The molecule has 0 amide bonds. The first-order chi connectivity index (χ1) is 11.9. The van der Waals surface area contributed by atoms with E-state index in [4.69, 9.17) is 0 Å². The molecule has 1 fully saturated rings. The first kappa shape index (κ1) is 18.0. The number of nitrogens with zero attached hydrogens (tertiary/aromatic N) is 6. The lowest BCUT2D eigenvalue weighted by molar-refractivity contribution is 0.261. The van der Waals surface area contributed by atoms with Gasteiger partial charge in [-0.05, 0) is 31.2 Å². The SMILES string of the molecule is CN(C)S(=O)(=O)N1CCC(Cc2nccnc2-c2ccnn2C)CC1. The lowest BCUT2D eigenvalue weighted by Crippen LogP contribution is -2.44. The van der Waals surface area contributed by atoms with E-state index >= 15 is 0 Å². The number of hydrogen-bond acceptors (Lipinski definition) is 5. The van der Waals surface area contributed by atoms with E-state index in [1.807, 2.05) is 13.1 Å². The molecule has 0 aliphatic carbocycles. The van der Waals surface area contributed by atoms with Gasteiger partial charge in [-0.3, -0.25) is 14.6 Å². The first-order valence-electron chi connectivity index (χ1n) is 8.35. The molecule has 0 atom stereocenters. The summed E-state index contributed by atoms with van der Waals surface area (Å²) in [6.45, 7) is 1.10. The van der Waals surface area contributed by atoms with Gasteiger partial charge in [0.05, 0.1) is 11.4 Å². The zero-order valence-electron chi connectivity index (χ0n) is 14.8. The van der Waals surface area contributed by atoms with E-state index in [1.54, 1.807) is 41.7 Å². The van der Waals surface area contributed by atoms with Gasteiger partial charge < -0.3 is 0 Å². The van der Waals surface area contributed by atoms with Crippen molar-refractivity contribution in [3.8, 4) is 11.4 Å². The van der Waals surface area contributed by atoms with Crippen molar-refractivity contribution < 1.29 is 8.42 Å². The maximum atomic E-state index is 12.2. The van der Waals surface area contributed by atoms with Crippen molar-refractivity contribution in [3.05, 3.63) is 30.4 Å². The predicted molar refractivity (Wildman–Crippen MR) is 94.8 cm³/mol. The summed E-state index contributed by atoms with van der Waals surface area (Å²) in [5.41, 5.74) is 2.74. The minimum atomic E-state index is -3.32. The summed E-state index contributed by atoms with van der Waals surface area (Å²) < 4.78 is 29.1. The molecule has 1 aliphatic heterocycles. The topological polar surface area (TPSA) is 84.2 Å². The zero-order valence-corrected chi connectivity index (χ0v) is 15.6. The van der Waals surface area contributed by atoms with Gasteiger partial charge in [-0.15, -0.1) is 0 Å². The Balaban J connectivity index is 1.71. The zero-order chi connectivity index (χ0) is 18.0. The van der Waals surface area contributed by atoms with E-state index in [1.165, 1.54) is 4.31 Å². The fraction of sp³-hybridized carbons (Fsp3) is 0.562. The largest absolute Gasteiger partial charge is 0.281 e. The average Bonchev–Trinajstić information content (AvgIpc) is 3.01. The molecule has 136 valence electrons. The van der Waals surface area contributed by atoms with Crippen LogP contribution in [0.3, 0.4) is 0 Å². The number of aryl methyl sites for hydroxylation is 1. The summed E-state index contributed by atoms with van der Waals surface area (Å²) in [7, 11) is 1.71. The lowest BCUT2D eigenvalue weighted by Gasteiger charge is -2.32. The van der Waals surface area contributed by atoms with Crippen LogP contribution in [-0.2, 0) is 23.7 Å². The van der Waals surface area contributed by atoms with Gasteiger partial charge >= 0.3 is 0 Å². The second kappa shape index (κ2) is 7.19. The lowest BCUT2D eigenvalue weighted by atomic mass is 9.92. The fourth-order valence-electron chi connectivity index (χ4n) is 3.18. The molecule has 0 unspecified atom stereocenters. The highest BCUT2D eigenvalue weighted by Crippen LogP contribution is 2.27. The van der Waals surface area contributed by atoms with Crippen LogP contribution in [0.1, 0.15) is 18.5 Å². The summed E-state index contributed by atoms with van der Waals surface area (Å²) in [6, 6.07) is 1.93. The average molecular weight is 364 g/mol. The van der Waals surface area contributed by atoms with Crippen molar-refractivity contribution >= 4 is 10.2 Å². The van der Waals surface area contributed by atoms with Crippen molar-refractivity contribution in [1.82, 2.24) is 28.4 Å². The van der Waals surface area contributed by atoms with E-state index in [0.29, 0.717) is 19.0 Å². The van der Waals surface area contributed by atoms with Crippen LogP contribution in [0.4, 0.5) is 0 Å². The molecule has 9 heteroatoms. The van der Waals surface area contributed by atoms with Crippen LogP contribution >= 0.6 is 0 Å². The van der Waals surface area contributed by atoms with E-state index in [2.05, 4.69) is 15.1 Å². The van der Waals surface area contributed by atoms with Crippen molar-refractivity contribution in [1.29, 1.82) is 0 Å². The van der Waals surface area contributed by atoms with Gasteiger partial charge in [0.2, 0.25) is 0 Å². The van der Waals surface area contributed by atoms with Gasteiger partial charge in [0.25, 0.3) is 10.2 Å². The predicted octanol–water partition coefficient (Wildman–Crippen LogP) is 0.938. The van der Waals surface area contributed by atoms with Crippen molar-refractivity contribution in [3.63, 3.8) is 0 Å². The number of aromatic nitrogens is 4. The quantitative estimate of drug-likeness (QED) is 0.788. The van der Waals surface area contributed by atoms with Crippen molar-refractivity contribution in [2.24, 2.45) is 13.0 Å². The molecule has 8 nitrogen and oxygen atoms in total. The smallest absolute Gasteiger partial charge is 0.266 e. The van der Waals surface area contributed by atoms with Crippen LogP contribution in [0.15, 0.2) is 24.7 Å². The third-order valence-electron chi connectivity index (χ3n) is 4.68. The Bertz CT molecular complexity index is 825. The van der Waals surface area contributed by atoms with E-state index in [-0.39, 0.29) is 0 Å². The van der Waals surface area contributed by atoms with Gasteiger partial charge in [0.15, 0.2) is 0 Å². The summed E-state index contributed by atoms with van der Waals surface area (Å²) in [5, 5.41) is 4.21. The molecule has 2 aromatic heterocycles. The number of rotatable bonds is 5. The molecule has 0 aromatic carbocycles. The molecule has 3 heterocycles. The van der Waals surface area contributed by atoms with Crippen LogP contribution in [0.25, 0.3) is 11.4 Å². The third-order valence-corrected chi connectivity index (χ3v) is 6.62. The Morgan fingerprint density at radius 2 is 1.84 bits per heavy atom. The molecule has 2 aromatic rings. The van der Waals surface area contributed by atoms with Crippen molar-refractivity contribution in [2.45, 2.75) is 19.3 Å². The highest BCUT2D eigenvalue weighted by molar-refractivity contribution is 7.86. The Kier molecular flexibility index (Phi) is 5.16. The monoisotopic (exact) mass is 364 g/mol. The van der Waals surface area contributed by atoms with Crippen LogP contribution in [-0.4, -0.2) is 64.0 Å². The Morgan fingerprint density at radius 1 is 1.16 bits per heavy atom. The van der Waals surface area contributed by atoms with E-state index < -0.39 is 10.2 Å². The van der Waals surface area contributed by atoms with Crippen LogP contribution in [0.5, 0.6) is 0 Å². The second-order valence-corrected chi connectivity index (χ2v) is 8.67. The molecule has 0 spiro atoms. The second-order valence-electron chi connectivity index (χ2n) is 6.53. The minimum absolute atomic E-state index is 0.400. The van der Waals surface area contributed by atoms with E-state index in [0.717, 1.165) is 36.3 Å². The normalized spacial score (nSPS) is 17.3. The van der Waals surface area contributed by atoms with Gasteiger partial charge in [0, 0.05) is 52.8 Å². The van der Waals surface area contributed by atoms with Crippen LogP contribution < -0.4 is 0 Å². The van der Waals surface area contributed by atoms with Gasteiger partial charge in [-0.1, -0.05) is 0 Å². The maximum Gasteiger partial charge on any atom is 0.281 e. The number of piperidine rings is 1. The third kappa shape index (κ3) is 3.73. The summed E-state index contributed by atoms with van der Waals surface area (Å²) in [6.07, 6.45) is 7.60. The highest BCUT2D eigenvalue weighted by atomic mass is 32.2. The molecule has 1 saturated heterocycles. The Morgan fingerprint density at radius 3 is 2.44 bits per heavy atom. The van der Waals surface area contributed by atoms with Gasteiger partial charge in [-0.25, -0.2) is 0 Å². The minimum Gasteiger partial charge on any atom is -0.266 e. The Labute approximate surface area is 148 Å². The molecule has 0 saturated carbocycles. The standard InChI is InChI=1S/C16H24N6O2S/c1-20(2)25(23,24)22-10-5-13(6-11-22)12-14-16(18-9-8-17-14)15-4-7-19-21(15)3/h4,7-9,13H,5-6,10-12H2,1-3H3. The van der Waals surface area contributed by atoms with Crippen LogP contribution in [0, 0.1) is 5.92 Å². The molecule has 3 rings (SSSR count).